The number of ether oxygens (including phenoxy) is 2. The fourth-order valence-electron chi connectivity index (χ4n) is 2.31. The summed E-state index contributed by atoms with van der Waals surface area (Å²) in [5.74, 6) is -0.369. The number of nitrogens with one attached hydrogen (secondary N) is 2. The van der Waals surface area contributed by atoms with E-state index >= 15 is 0 Å². The summed E-state index contributed by atoms with van der Waals surface area (Å²) in [6.07, 6.45) is 1.05. The van der Waals surface area contributed by atoms with Gasteiger partial charge in [0.05, 0.1) is 22.6 Å². The van der Waals surface area contributed by atoms with E-state index in [1.807, 2.05) is 0 Å². The first kappa shape index (κ1) is 21.1. The molecule has 10 nitrogen and oxygen atoms in total. The molecule has 1 amide bonds. The van der Waals surface area contributed by atoms with E-state index in [0.717, 1.165) is 6.33 Å². The second kappa shape index (κ2) is 9.25. The third-order valence-corrected chi connectivity index (χ3v) is 4.26. The number of hydrazine groups is 1. The molecule has 0 unspecified atom stereocenters. The summed E-state index contributed by atoms with van der Waals surface area (Å²) in [5, 5.41) is 12.0. The van der Waals surface area contributed by atoms with E-state index < -0.39 is 16.5 Å². The van der Waals surface area contributed by atoms with Crippen LogP contribution in [-0.2, 0) is 0 Å². The number of halogens is 2. The second-order valence-electron chi connectivity index (χ2n) is 5.61. The van der Waals surface area contributed by atoms with Gasteiger partial charge < -0.3 is 9.47 Å². The molecule has 1 aromatic heterocycles. The zero-order valence-corrected chi connectivity index (χ0v) is 16.8. The summed E-state index contributed by atoms with van der Waals surface area (Å²) in [4.78, 5) is 30.8. The minimum absolute atomic E-state index is 0.111. The van der Waals surface area contributed by atoms with Crippen molar-refractivity contribution < 1.29 is 19.2 Å². The summed E-state index contributed by atoms with van der Waals surface area (Å²) >= 11 is 11.8. The van der Waals surface area contributed by atoms with Gasteiger partial charge in [-0.2, -0.15) is 4.98 Å². The fraction of sp³-hybridized carbons (Fsp3) is 0.0556. The number of carbonyl (C=O) groups excluding carboxylic acids is 1. The highest BCUT2D eigenvalue weighted by atomic mass is 35.5. The minimum atomic E-state index is -0.734. The topological polar surface area (TPSA) is 129 Å². The predicted molar refractivity (Wildman–Crippen MR) is 109 cm³/mol. The van der Waals surface area contributed by atoms with Crippen LogP contribution in [0.3, 0.4) is 0 Å². The Hall–Kier alpha value is -3.63. The lowest BCUT2D eigenvalue weighted by Gasteiger charge is -2.11. The van der Waals surface area contributed by atoms with Gasteiger partial charge in [0.15, 0.2) is 0 Å². The normalized spacial score (nSPS) is 10.2. The van der Waals surface area contributed by atoms with Crippen LogP contribution < -0.4 is 20.3 Å². The lowest BCUT2D eigenvalue weighted by atomic mass is 10.2. The Balaban J connectivity index is 1.81. The molecule has 12 heteroatoms. The first-order valence-corrected chi connectivity index (χ1v) is 8.97. The van der Waals surface area contributed by atoms with Crippen LogP contribution in [0, 0.1) is 10.1 Å². The summed E-state index contributed by atoms with van der Waals surface area (Å²) in [6.45, 7) is 0. The molecule has 0 radical (unpaired) electrons. The summed E-state index contributed by atoms with van der Waals surface area (Å²) in [6, 6.07) is 10.6. The van der Waals surface area contributed by atoms with Crippen molar-refractivity contribution in [3.05, 3.63) is 74.5 Å². The van der Waals surface area contributed by atoms with E-state index in [4.69, 9.17) is 32.7 Å². The Morgan fingerprint density at radius 1 is 1.10 bits per heavy atom. The monoisotopic (exact) mass is 449 g/mol. The molecule has 1 heterocycles. The molecule has 30 heavy (non-hydrogen) atoms. The van der Waals surface area contributed by atoms with E-state index in [9.17, 15) is 14.9 Å². The summed E-state index contributed by atoms with van der Waals surface area (Å²) in [7, 11) is 1.51. The fourth-order valence-corrected chi connectivity index (χ4v) is 2.80. The average Bonchev–Trinajstić information content (AvgIpc) is 2.72. The van der Waals surface area contributed by atoms with Crippen LogP contribution in [0.25, 0.3) is 0 Å². The van der Waals surface area contributed by atoms with Crippen molar-refractivity contribution in [2.45, 2.75) is 0 Å². The van der Waals surface area contributed by atoms with Gasteiger partial charge in [-0.05, 0) is 42.5 Å². The number of hydrogen-bond donors (Lipinski definition) is 2. The molecule has 0 saturated heterocycles. The number of nitrogens with zero attached hydrogens (tertiary/aromatic N) is 3. The van der Waals surface area contributed by atoms with E-state index in [1.165, 1.54) is 25.3 Å². The second-order valence-corrected chi connectivity index (χ2v) is 6.46. The van der Waals surface area contributed by atoms with Crippen molar-refractivity contribution >= 4 is 40.6 Å². The van der Waals surface area contributed by atoms with Crippen molar-refractivity contribution in [1.82, 2.24) is 15.4 Å². The van der Waals surface area contributed by atoms with Crippen LogP contribution >= 0.6 is 23.2 Å². The molecule has 0 fully saturated rings. The first-order chi connectivity index (χ1) is 14.4. The van der Waals surface area contributed by atoms with Gasteiger partial charge in [0, 0.05) is 5.02 Å². The largest absolute Gasteiger partial charge is 0.497 e. The number of amides is 1. The SMILES string of the molecule is COc1ccc(Oc2ncnc(NNC(=O)c3ccc(Cl)cc3Cl)c2[N+](=O)[O-])cc1. The van der Waals surface area contributed by atoms with Crippen LogP contribution in [-0.4, -0.2) is 27.9 Å². The number of rotatable bonds is 7. The standard InChI is InChI=1S/C18H13Cl2N5O5/c1-29-11-3-5-12(6-4-11)30-18-15(25(27)28)16(21-9-22-18)23-24-17(26)13-7-2-10(19)8-14(13)20/h2-9H,1H3,(H,24,26)(H,21,22,23). The van der Waals surface area contributed by atoms with Crippen molar-refractivity contribution in [2.75, 3.05) is 12.5 Å². The van der Waals surface area contributed by atoms with Gasteiger partial charge in [0.2, 0.25) is 5.82 Å². The minimum Gasteiger partial charge on any atom is -0.497 e. The Kier molecular flexibility index (Phi) is 6.50. The maximum Gasteiger partial charge on any atom is 0.374 e. The van der Waals surface area contributed by atoms with Crippen LogP contribution in [0.4, 0.5) is 11.5 Å². The smallest absolute Gasteiger partial charge is 0.374 e. The molecule has 0 atom stereocenters. The van der Waals surface area contributed by atoms with Gasteiger partial charge >= 0.3 is 11.6 Å². The molecule has 2 aromatic carbocycles. The molecule has 3 aromatic rings. The highest BCUT2D eigenvalue weighted by molar-refractivity contribution is 6.36. The van der Waals surface area contributed by atoms with E-state index in [0.29, 0.717) is 16.5 Å². The van der Waals surface area contributed by atoms with Gasteiger partial charge in [-0.1, -0.05) is 23.2 Å². The number of methoxy groups -OCH3 is 1. The van der Waals surface area contributed by atoms with Crippen LogP contribution in [0.2, 0.25) is 10.0 Å². The average molecular weight is 450 g/mol. The first-order valence-electron chi connectivity index (χ1n) is 8.21. The number of anilines is 1. The zero-order chi connectivity index (χ0) is 21.7. The molecule has 0 spiro atoms. The summed E-state index contributed by atoms with van der Waals surface area (Å²) in [5.41, 5.74) is 4.23. The number of hydrogen-bond acceptors (Lipinski definition) is 8. The summed E-state index contributed by atoms with van der Waals surface area (Å²) < 4.78 is 10.5. The molecule has 2 N–H and O–H groups in total. The van der Waals surface area contributed by atoms with Crippen molar-refractivity contribution in [3.8, 4) is 17.4 Å². The predicted octanol–water partition coefficient (Wildman–Crippen LogP) is 4.25. The molecule has 3 rings (SSSR count). The molecular formula is C18H13Cl2N5O5. The van der Waals surface area contributed by atoms with Gasteiger partial charge in [0.1, 0.15) is 17.8 Å². The molecule has 0 saturated carbocycles. The third-order valence-electron chi connectivity index (χ3n) is 3.72. The maximum atomic E-state index is 12.3. The van der Waals surface area contributed by atoms with Crippen molar-refractivity contribution in [3.63, 3.8) is 0 Å². The molecule has 0 bridgehead atoms. The Morgan fingerprint density at radius 3 is 2.43 bits per heavy atom. The van der Waals surface area contributed by atoms with Gasteiger partial charge in [-0.15, -0.1) is 0 Å². The number of aromatic nitrogens is 2. The lowest BCUT2D eigenvalue weighted by molar-refractivity contribution is -0.385. The van der Waals surface area contributed by atoms with Crippen molar-refractivity contribution in [1.29, 1.82) is 0 Å². The van der Waals surface area contributed by atoms with Crippen molar-refractivity contribution in [2.24, 2.45) is 0 Å². The molecule has 154 valence electrons. The van der Waals surface area contributed by atoms with Gasteiger partial charge in [0.25, 0.3) is 5.91 Å². The number of carbonyl (C=O) groups is 1. The Bertz CT molecular complexity index is 1090. The molecule has 0 aliphatic rings. The van der Waals surface area contributed by atoms with Crippen LogP contribution in [0.5, 0.6) is 17.4 Å². The number of nitro groups is 1. The third kappa shape index (κ3) is 4.85. The molecular weight excluding hydrogens is 437 g/mol. The molecule has 0 aliphatic heterocycles. The quantitative estimate of drug-likeness (QED) is 0.404. The van der Waals surface area contributed by atoms with E-state index in [-0.39, 0.29) is 22.3 Å². The highest BCUT2D eigenvalue weighted by Crippen LogP contribution is 2.34. The zero-order valence-electron chi connectivity index (χ0n) is 15.3. The van der Waals surface area contributed by atoms with Crippen LogP contribution in [0.1, 0.15) is 10.4 Å². The molecule has 0 aliphatic carbocycles. The van der Waals surface area contributed by atoms with Gasteiger partial charge in [-0.3, -0.25) is 25.8 Å². The maximum absolute atomic E-state index is 12.3. The Labute approximate surface area is 179 Å². The highest BCUT2D eigenvalue weighted by Gasteiger charge is 2.26. The number of benzene rings is 2. The lowest BCUT2D eigenvalue weighted by Crippen LogP contribution is -2.30. The van der Waals surface area contributed by atoms with E-state index in [1.54, 1.807) is 24.3 Å². The van der Waals surface area contributed by atoms with E-state index in [2.05, 4.69) is 20.8 Å². The van der Waals surface area contributed by atoms with Crippen LogP contribution in [0.15, 0.2) is 48.8 Å². The Morgan fingerprint density at radius 2 is 1.80 bits per heavy atom. The van der Waals surface area contributed by atoms with Gasteiger partial charge in [-0.25, -0.2) is 4.98 Å².